The minimum atomic E-state index is 0.207. The smallest absolute Gasteiger partial charge is 0.192 e. The number of aliphatic imine (C=N–C) groups is 1. The number of nitrogens with zero attached hydrogens (tertiary/aromatic N) is 2. The Labute approximate surface area is 156 Å². The number of anilines is 1. The highest BCUT2D eigenvalue weighted by atomic mass is 15.2. The Morgan fingerprint density at radius 3 is 2.38 bits per heavy atom. The molecule has 2 N–H and O–H groups in total. The maximum absolute atomic E-state index is 4.74. The van der Waals surface area contributed by atoms with E-state index >= 15 is 0 Å². The van der Waals surface area contributed by atoms with Gasteiger partial charge in [-0.1, -0.05) is 54.6 Å². The van der Waals surface area contributed by atoms with Crippen molar-refractivity contribution in [1.29, 1.82) is 0 Å². The molecule has 0 radical (unpaired) electrons. The molecule has 1 unspecified atom stereocenters. The molecule has 3 rings (SSSR count). The second kappa shape index (κ2) is 9.09. The molecule has 0 fully saturated rings. The van der Waals surface area contributed by atoms with Crippen molar-refractivity contribution in [3.8, 4) is 0 Å². The van der Waals surface area contributed by atoms with E-state index in [1.807, 2.05) is 6.07 Å². The Balaban J connectivity index is 1.61. The SMILES string of the molecule is CCNC(=NCc1ccc(N2CC=CC2)cc1)NC(C)c1ccccc1. The van der Waals surface area contributed by atoms with Crippen LogP contribution in [0.4, 0.5) is 5.69 Å². The standard InChI is InChI=1S/C22H28N4/c1-3-23-22(25-18(2)20-9-5-4-6-10-20)24-17-19-11-13-21(14-12-19)26-15-7-8-16-26/h4-14,18H,3,15-17H2,1-2H3,(H2,23,24,25). The first kappa shape index (κ1) is 18.1. The third kappa shape index (κ3) is 4.88. The average molecular weight is 348 g/mol. The van der Waals surface area contributed by atoms with Crippen LogP contribution in [0, 0.1) is 0 Å². The molecule has 26 heavy (non-hydrogen) atoms. The molecule has 0 saturated carbocycles. The number of hydrogen-bond acceptors (Lipinski definition) is 2. The molecule has 136 valence electrons. The van der Waals surface area contributed by atoms with Gasteiger partial charge < -0.3 is 15.5 Å². The van der Waals surface area contributed by atoms with Crippen LogP contribution in [0.5, 0.6) is 0 Å². The number of benzene rings is 2. The van der Waals surface area contributed by atoms with Gasteiger partial charge >= 0.3 is 0 Å². The summed E-state index contributed by atoms with van der Waals surface area (Å²) < 4.78 is 0. The van der Waals surface area contributed by atoms with Crippen LogP contribution in [-0.4, -0.2) is 25.6 Å². The van der Waals surface area contributed by atoms with Crippen molar-refractivity contribution in [3.63, 3.8) is 0 Å². The maximum Gasteiger partial charge on any atom is 0.192 e. The maximum atomic E-state index is 4.74. The van der Waals surface area contributed by atoms with Crippen LogP contribution in [0.25, 0.3) is 0 Å². The van der Waals surface area contributed by atoms with Crippen LogP contribution >= 0.6 is 0 Å². The molecule has 2 aromatic carbocycles. The largest absolute Gasteiger partial charge is 0.364 e. The molecular weight excluding hydrogens is 320 g/mol. The van der Waals surface area contributed by atoms with Gasteiger partial charge in [0.2, 0.25) is 0 Å². The molecule has 1 aliphatic rings. The molecule has 0 bridgehead atoms. The molecule has 0 saturated heterocycles. The molecule has 0 aromatic heterocycles. The number of hydrogen-bond donors (Lipinski definition) is 2. The normalized spacial score (nSPS) is 15.2. The zero-order valence-corrected chi connectivity index (χ0v) is 15.7. The minimum absolute atomic E-state index is 0.207. The first-order chi connectivity index (χ1) is 12.8. The van der Waals surface area contributed by atoms with E-state index in [-0.39, 0.29) is 6.04 Å². The molecule has 0 spiro atoms. The van der Waals surface area contributed by atoms with E-state index in [0.29, 0.717) is 6.54 Å². The number of guanidine groups is 1. The molecule has 1 aliphatic heterocycles. The minimum Gasteiger partial charge on any atom is -0.364 e. The van der Waals surface area contributed by atoms with Crippen molar-refractivity contribution in [1.82, 2.24) is 10.6 Å². The average Bonchev–Trinajstić information content (AvgIpc) is 3.22. The summed E-state index contributed by atoms with van der Waals surface area (Å²) in [6.07, 6.45) is 4.42. The van der Waals surface area contributed by atoms with Crippen molar-refractivity contribution in [2.75, 3.05) is 24.5 Å². The van der Waals surface area contributed by atoms with Gasteiger partial charge in [0.25, 0.3) is 0 Å². The Morgan fingerprint density at radius 2 is 1.73 bits per heavy atom. The van der Waals surface area contributed by atoms with Gasteiger partial charge in [0.15, 0.2) is 5.96 Å². The predicted octanol–water partition coefficient (Wildman–Crippen LogP) is 3.88. The topological polar surface area (TPSA) is 39.7 Å². The fourth-order valence-electron chi connectivity index (χ4n) is 3.02. The fourth-order valence-corrected chi connectivity index (χ4v) is 3.02. The van der Waals surface area contributed by atoms with E-state index in [2.05, 4.69) is 90.1 Å². The molecule has 1 heterocycles. The zero-order valence-electron chi connectivity index (χ0n) is 15.7. The number of rotatable bonds is 6. The van der Waals surface area contributed by atoms with Crippen molar-refractivity contribution in [3.05, 3.63) is 77.9 Å². The Bertz CT molecular complexity index is 726. The van der Waals surface area contributed by atoms with E-state index in [4.69, 9.17) is 4.99 Å². The Hall–Kier alpha value is -2.75. The molecule has 0 aliphatic carbocycles. The van der Waals surface area contributed by atoms with Crippen LogP contribution < -0.4 is 15.5 Å². The first-order valence-electron chi connectivity index (χ1n) is 9.35. The lowest BCUT2D eigenvalue weighted by Crippen LogP contribution is -2.38. The summed E-state index contributed by atoms with van der Waals surface area (Å²) >= 11 is 0. The third-order valence-electron chi connectivity index (χ3n) is 4.54. The van der Waals surface area contributed by atoms with Gasteiger partial charge in [-0.2, -0.15) is 0 Å². The Kier molecular flexibility index (Phi) is 6.31. The monoisotopic (exact) mass is 348 g/mol. The van der Waals surface area contributed by atoms with Gasteiger partial charge in [0, 0.05) is 25.3 Å². The third-order valence-corrected chi connectivity index (χ3v) is 4.54. The van der Waals surface area contributed by atoms with Crippen LogP contribution in [0.2, 0.25) is 0 Å². The second-order valence-electron chi connectivity index (χ2n) is 6.51. The van der Waals surface area contributed by atoms with Crippen molar-refractivity contribution < 1.29 is 0 Å². The van der Waals surface area contributed by atoms with E-state index in [9.17, 15) is 0 Å². The summed E-state index contributed by atoms with van der Waals surface area (Å²) in [5, 5.41) is 6.82. The summed E-state index contributed by atoms with van der Waals surface area (Å²) in [6, 6.07) is 19.3. The van der Waals surface area contributed by atoms with Crippen molar-refractivity contribution >= 4 is 11.6 Å². The van der Waals surface area contributed by atoms with Gasteiger partial charge in [-0.05, 0) is 37.1 Å². The van der Waals surface area contributed by atoms with Crippen LogP contribution in [-0.2, 0) is 6.54 Å². The van der Waals surface area contributed by atoms with Gasteiger partial charge in [-0.25, -0.2) is 4.99 Å². The second-order valence-corrected chi connectivity index (χ2v) is 6.51. The number of nitrogens with one attached hydrogen (secondary N) is 2. The lowest BCUT2D eigenvalue weighted by Gasteiger charge is -2.19. The molecular formula is C22H28N4. The van der Waals surface area contributed by atoms with Gasteiger partial charge in [-0.3, -0.25) is 0 Å². The Morgan fingerprint density at radius 1 is 1.04 bits per heavy atom. The van der Waals surface area contributed by atoms with Crippen molar-refractivity contribution in [2.24, 2.45) is 4.99 Å². The van der Waals surface area contributed by atoms with Gasteiger partial charge in [0.05, 0.1) is 12.6 Å². The summed E-state index contributed by atoms with van der Waals surface area (Å²) in [6.45, 7) is 7.75. The van der Waals surface area contributed by atoms with Crippen LogP contribution in [0.3, 0.4) is 0 Å². The summed E-state index contributed by atoms with van der Waals surface area (Å²) in [4.78, 5) is 7.09. The fraction of sp³-hybridized carbons (Fsp3) is 0.318. The van der Waals surface area contributed by atoms with Crippen LogP contribution in [0.15, 0.2) is 71.7 Å². The highest BCUT2D eigenvalue weighted by molar-refractivity contribution is 5.80. The van der Waals surface area contributed by atoms with E-state index in [0.717, 1.165) is 25.6 Å². The zero-order chi connectivity index (χ0) is 18.2. The van der Waals surface area contributed by atoms with Gasteiger partial charge in [-0.15, -0.1) is 0 Å². The van der Waals surface area contributed by atoms with E-state index in [1.54, 1.807) is 0 Å². The molecule has 1 atom stereocenters. The van der Waals surface area contributed by atoms with E-state index < -0.39 is 0 Å². The molecule has 0 amide bonds. The molecule has 4 heteroatoms. The molecule has 4 nitrogen and oxygen atoms in total. The van der Waals surface area contributed by atoms with Gasteiger partial charge in [0.1, 0.15) is 0 Å². The highest BCUT2D eigenvalue weighted by Gasteiger charge is 2.08. The van der Waals surface area contributed by atoms with E-state index in [1.165, 1.54) is 16.8 Å². The van der Waals surface area contributed by atoms with Crippen molar-refractivity contribution in [2.45, 2.75) is 26.4 Å². The summed E-state index contributed by atoms with van der Waals surface area (Å²) in [5.41, 5.74) is 3.73. The molecule has 2 aromatic rings. The predicted molar refractivity (Wildman–Crippen MR) is 111 cm³/mol. The van der Waals surface area contributed by atoms with Crippen LogP contribution in [0.1, 0.15) is 31.0 Å². The lowest BCUT2D eigenvalue weighted by atomic mass is 10.1. The lowest BCUT2D eigenvalue weighted by molar-refractivity contribution is 0.686. The highest BCUT2D eigenvalue weighted by Crippen LogP contribution is 2.18. The summed E-state index contributed by atoms with van der Waals surface area (Å²) in [7, 11) is 0. The quantitative estimate of drug-likeness (QED) is 0.473. The first-order valence-corrected chi connectivity index (χ1v) is 9.35. The summed E-state index contributed by atoms with van der Waals surface area (Å²) in [5.74, 6) is 0.844.